The molecule has 1 amide bonds. The van der Waals surface area contributed by atoms with Gasteiger partial charge < -0.3 is 14.4 Å². The molecule has 34 heavy (non-hydrogen) atoms. The number of likely N-dealkylation sites (tertiary alicyclic amines) is 1. The van der Waals surface area contributed by atoms with Crippen LogP contribution in [0.3, 0.4) is 0 Å². The zero-order valence-electron chi connectivity index (χ0n) is 19.7. The van der Waals surface area contributed by atoms with Gasteiger partial charge in [0.25, 0.3) is 0 Å². The van der Waals surface area contributed by atoms with E-state index in [0.29, 0.717) is 25.6 Å². The highest BCUT2D eigenvalue weighted by Gasteiger charge is 2.45. The molecule has 0 unspecified atom stereocenters. The minimum absolute atomic E-state index is 0.137. The molecule has 5 rings (SSSR count). The summed E-state index contributed by atoms with van der Waals surface area (Å²) < 4.78 is 11.7. The third kappa shape index (κ3) is 4.55. The van der Waals surface area contributed by atoms with Gasteiger partial charge in [0, 0.05) is 38.4 Å². The zero-order valence-corrected chi connectivity index (χ0v) is 19.7. The quantitative estimate of drug-likeness (QED) is 0.538. The second-order valence-electron chi connectivity index (χ2n) is 9.30. The summed E-state index contributed by atoms with van der Waals surface area (Å²) in [7, 11) is 0. The molecule has 2 saturated heterocycles. The van der Waals surface area contributed by atoms with E-state index in [2.05, 4.69) is 17.1 Å². The third-order valence-electron chi connectivity index (χ3n) is 7.15. The van der Waals surface area contributed by atoms with Gasteiger partial charge in [0.15, 0.2) is 0 Å². The number of para-hydroxylation sites is 1. The number of nitrogens with zero attached hydrogens (tertiary/aromatic N) is 3. The van der Waals surface area contributed by atoms with E-state index in [-0.39, 0.29) is 11.8 Å². The van der Waals surface area contributed by atoms with Gasteiger partial charge in [-0.1, -0.05) is 48.5 Å². The smallest absolute Gasteiger partial charge is 0.238 e. The van der Waals surface area contributed by atoms with Crippen LogP contribution < -0.4 is 4.74 Å². The van der Waals surface area contributed by atoms with Crippen molar-refractivity contribution < 1.29 is 14.3 Å². The lowest BCUT2D eigenvalue weighted by molar-refractivity contribution is -0.142. The molecule has 176 valence electrons. The molecule has 2 aliphatic heterocycles. The molecule has 0 spiro atoms. The predicted octanol–water partition coefficient (Wildman–Crippen LogP) is 5.03. The fraction of sp³-hybridized carbons (Fsp3) is 0.393. The van der Waals surface area contributed by atoms with Gasteiger partial charge >= 0.3 is 0 Å². The molecule has 1 aromatic heterocycles. The van der Waals surface area contributed by atoms with Gasteiger partial charge in [0.05, 0.1) is 17.3 Å². The number of aryl methyl sites for hydroxylation is 1. The maximum atomic E-state index is 14.0. The van der Waals surface area contributed by atoms with Gasteiger partial charge in [-0.2, -0.15) is 0 Å². The van der Waals surface area contributed by atoms with Gasteiger partial charge in [0.1, 0.15) is 5.75 Å². The van der Waals surface area contributed by atoms with Crippen LogP contribution in [0.4, 0.5) is 0 Å². The number of rotatable bonds is 5. The molecule has 0 aliphatic carbocycles. The number of amides is 1. The number of hydrogen-bond acceptors (Lipinski definition) is 5. The molecule has 3 heterocycles. The summed E-state index contributed by atoms with van der Waals surface area (Å²) in [4.78, 5) is 25.2. The molecule has 1 atom stereocenters. The number of carbonyl (C=O) groups excluding carboxylic acids is 1. The van der Waals surface area contributed by atoms with Crippen LogP contribution in [0.5, 0.6) is 11.6 Å². The normalized spacial score (nSPS) is 20.0. The van der Waals surface area contributed by atoms with Crippen LogP contribution in [0.15, 0.2) is 67.0 Å². The predicted molar refractivity (Wildman–Crippen MR) is 130 cm³/mol. The van der Waals surface area contributed by atoms with Crippen molar-refractivity contribution in [3.8, 4) is 11.6 Å². The van der Waals surface area contributed by atoms with Crippen LogP contribution in [0, 0.1) is 6.92 Å². The lowest BCUT2D eigenvalue weighted by Gasteiger charge is -2.42. The highest BCUT2D eigenvalue weighted by molar-refractivity contribution is 5.88. The molecule has 2 aliphatic rings. The average molecular weight is 458 g/mol. The maximum Gasteiger partial charge on any atom is 0.238 e. The standard InChI is InChI=1S/C28H31N3O3/c1-21-8-5-6-12-25(21)34-26-19-29-18-24(30-26)22-9-7-15-31(20-22)27(32)28(13-16-33-17-14-28)23-10-3-2-4-11-23/h2-6,8,10-12,18-19,22H,7,9,13-17,20H2,1H3/t22-/m1/s1. The molecular weight excluding hydrogens is 426 g/mol. The molecule has 6 heteroatoms. The Hall–Kier alpha value is -3.25. The van der Waals surface area contributed by atoms with E-state index in [1.807, 2.05) is 60.5 Å². The van der Waals surface area contributed by atoms with Crippen LogP contribution >= 0.6 is 0 Å². The van der Waals surface area contributed by atoms with Crippen LogP contribution in [-0.4, -0.2) is 47.1 Å². The Labute approximate surface area is 201 Å². The number of ether oxygens (including phenoxy) is 2. The first-order valence-electron chi connectivity index (χ1n) is 12.1. The van der Waals surface area contributed by atoms with Crippen LogP contribution in [0.1, 0.15) is 48.4 Å². The topological polar surface area (TPSA) is 64.5 Å². The van der Waals surface area contributed by atoms with Crippen molar-refractivity contribution in [2.45, 2.75) is 43.9 Å². The molecule has 0 N–H and O–H groups in total. The van der Waals surface area contributed by atoms with Crippen LogP contribution in [0.2, 0.25) is 0 Å². The SMILES string of the molecule is Cc1ccccc1Oc1cncc([C@@H]2CCCN(C(=O)C3(c4ccccc4)CCOCC3)C2)n1. The van der Waals surface area contributed by atoms with Gasteiger partial charge in [-0.15, -0.1) is 0 Å². The molecule has 6 nitrogen and oxygen atoms in total. The van der Waals surface area contributed by atoms with E-state index >= 15 is 0 Å². The first-order valence-corrected chi connectivity index (χ1v) is 12.1. The first-order chi connectivity index (χ1) is 16.7. The third-order valence-corrected chi connectivity index (χ3v) is 7.15. The molecule has 2 fully saturated rings. The monoisotopic (exact) mass is 457 g/mol. The number of aromatic nitrogens is 2. The Morgan fingerprint density at radius 2 is 1.82 bits per heavy atom. The Balaban J connectivity index is 1.36. The van der Waals surface area contributed by atoms with Crippen molar-refractivity contribution in [1.29, 1.82) is 0 Å². The van der Waals surface area contributed by atoms with E-state index in [9.17, 15) is 4.79 Å². The molecule has 0 saturated carbocycles. The van der Waals surface area contributed by atoms with Crippen molar-refractivity contribution in [2.75, 3.05) is 26.3 Å². The molecule has 2 aromatic carbocycles. The van der Waals surface area contributed by atoms with E-state index in [1.54, 1.807) is 6.20 Å². The summed E-state index contributed by atoms with van der Waals surface area (Å²) in [6.45, 7) is 4.66. The van der Waals surface area contributed by atoms with E-state index in [1.165, 1.54) is 0 Å². The Morgan fingerprint density at radius 1 is 1.06 bits per heavy atom. The second-order valence-corrected chi connectivity index (χ2v) is 9.30. The Bertz CT molecular complexity index is 1130. The summed E-state index contributed by atoms with van der Waals surface area (Å²) in [5.74, 6) is 1.62. The summed E-state index contributed by atoms with van der Waals surface area (Å²) >= 11 is 0. The Kier molecular flexibility index (Phi) is 6.59. The lowest BCUT2D eigenvalue weighted by Crippen LogP contribution is -2.52. The van der Waals surface area contributed by atoms with Crippen LogP contribution in [-0.2, 0) is 14.9 Å². The van der Waals surface area contributed by atoms with Crippen molar-refractivity contribution in [3.05, 3.63) is 83.8 Å². The zero-order chi connectivity index (χ0) is 23.4. The van der Waals surface area contributed by atoms with Crippen molar-refractivity contribution in [2.24, 2.45) is 0 Å². The number of benzene rings is 2. The highest BCUT2D eigenvalue weighted by Crippen LogP contribution is 2.38. The second kappa shape index (κ2) is 9.94. The van der Waals surface area contributed by atoms with Crippen molar-refractivity contribution in [1.82, 2.24) is 14.9 Å². The minimum Gasteiger partial charge on any atom is -0.437 e. The molecular formula is C28H31N3O3. The van der Waals surface area contributed by atoms with E-state index in [4.69, 9.17) is 14.5 Å². The van der Waals surface area contributed by atoms with Crippen molar-refractivity contribution in [3.63, 3.8) is 0 Å². The Morgan fingerprint density at radius 3 is 2.62 bits per heavy atom. The summed E-state index contributed by atoms with van der Waals surface area (Å²) in [5.41, 5.74) is 2.51. The molecule has 0 radical (unpaired) electrons. The summed E-state index contributed by atoms with van der Waals surface area (Å²) in [6, 6.07) is 18.1. The van der Waals surface area contributed by atoms with Gasteiger partial charge in [-0.3, -0.25) is 9.78 Å². The fourth-order valence-electron chi connectivity index (χ4n) is 5.20. The maximum absolute atomic E-state index is 14.0. The summed E-state index contributed by atoms with van der Waals surface area (Å²) in [6.07, 6.45) is 6.82. The lowest BCUT2D eigenvalue weighted by atomic mass is 9.72. The summed E-state index contributed by atoms with van der Waals surface area (Å²) in [5, 5.41) is 0. The van der Waals surface area contributed by atoms with E-state index in [0.717, 1.165) is 54.8 Å². The van der Waals surface area contributed by atoms with Gasteiger partial charge in [-0.05, 0) is 49.8 Å². The number of piperidine rings is 1. The highest BCUT2D eigenvalue weighted by atomic mass is 16.5. The van der Waals surface area contributed by atoms with Gasteiger partial charge in [0.2, 0.25) is 11.8 Å². The molecule has 0 bridgehead atoms. The van der Waals surface area contributed by atoms with Crippen LogP contribution in [0.25, 0.3) is 0 Å². The minimum atomic E-state index is -0.511. The van der Waals surface area contributed by atoms with Gasteiger partial charge in [-0.25, -0.2) is 4.98 Å². The average Bonchev–Trinajstić information content (AvgIpc) is 2.91. The fourth-order valence-corrected chi connectivity index (χ4v) is 5.20. The van der Waals surface area contributed by atoms with Crippen molar-refractivity contribution >= 4 is 5.91 Å². The number of hydrogen-bond donors (Lipinski definition) is 0. The molecule has 3 aromatic rings. The number of carbonyl (C=O) groups is 1. The van der Waals surface area contributed by atoms with E-state index < -0.39 is 5.41 Å². The first kappa shape index (κ1) is 22.5. The largest absolute Gasteiger partial charge is 0.437 e.